The Morgan fingerprint density at radius 1 is 0.765 bits per heavy atom. The van der Waals surface area contributed by atoms with E-state index in [1.807, 2.05) is 36.4 Å². The molecule has 174 valence electrons. The summed E-state index contributed by atoms with van der Waals surface area (Å²) in [5.41, 5.74) is 1.92. The first-order valence-electron chi connectivity index (χ1n) is 11.3. The van der Waals surface area contributed by atoms with Crippen molar-refractivity contribution in [3.05, 3.63) is 107 Å². The first kappa shape index (κ1) is 23.5. The second kappa shape index (κ2) is 11.0. The number of piperazine rings is 1. The minimum Gasteiger partial charge on any atom is -0.340 e. The summed E-state index contributed by atoms with van der Waals surface area (Å²) in [5.74, 6) is -0.587. The average molecular weight is 476 g/mol. The van der Waals surface area contributed by atoms with Gasteiger partial charge in [0.05, 0.1) is 10.6 Å². The number of carbonyl (C=O) groups is 3. The third kappa shape index (κ3) is 5.64. The van der Waals surface area contributed by atoms with Gasteiger partial charge >= 0.3 is 0 Å². The zero-order valence-electron chi connectivity index (χ0n) is 18.7. The van der Waals surface area contributed by atoms with Crippen LogP contribution in [0.4, 0.5) is 0 Å². The summed E-state index contributed by atoms with van der Waals surface area (Å²) in [4.78, 5) is 42.6. The van der Waals surface area contributed by atoms with Crippen LogP contribution in [0, 0.1) is 0 Å². The first-order chi connectivity index (χ1) is 16.5. The highest BCUT2D eigenvalue weighted by atomic mass is 35.5. The smallest absolute Gasteiger partial charge is 0.255 e. The van der Waals surface area contributed by atoms with Crippen molar-refractivity contribution in [1.29, 1.82) is 0 Å². The Bertz CT molecular complexity index is 1150. The lowest BCUT2D eigenvalue weighted by atomic mass is 10.0. The minimum absolute atomic E-state index is 0.143. The summed E-state index contributed by atoms with van der Waals surface area (Å²) >= 11 is 6.18. The molecular formula is C27H26ClN3O3. The molecule has 4 rings (SSSR count). The highest BCUT2D eigenvalue weighted by Gasteiger charge is 2.31. The third-order valence-corrected chi connectivity index (χ3v) is 6.23. The molecule has 0 aliphatic carbocycles. The second-order valence-electron chi connectivity index (χ2n) is 8.18. The van der Waals surface area contributed by atoms with E-state index in [1.54, 1.807) is 58.3 Å². The Morgan fingerprint density at radius 3 is 1.97 bits per heavy atom. The molecule has 0 saturated carbocycles. The third-order valence-electron chi connectivity index (χ3n) is 5.90. The van der Waals surface area contributed by atoms with Crippen molar-refractivity contribution in [3.63, 3.8) is 0 Å². The Balaban J connectivity index is 1.44. The summed E-state index contributed by atoms with van der Waals surface area (Å²) in [5, 5.41) is 3.33. The van der Waals surface area contributed by atoms with Gasteiger partial charge in [0.15, 0.2) is 0 Å². The van der Waals surface area contributed by atoms with E-state index in [4.69, 9.17) is 11.6 Å². The molecule has 34 heavy (non-hydrogen) atoms. The van der Waals surface area contributed by atoms with Crippen LogP contribution in [-0.4, -0.2) is 59.7 Å². The van der Waals surface area contributed by atoms with Crippen molar-refractivity contribution in [1.82, 2.24) is 15.1 Å². The van der Waals surface area contributed by atoms with E-state index >= 15 is 0 Å². The van der Waals surface area contributed by atoms with Gasteiger partial charge in [-0.25, -0.2) is 0 Å². The van der Waals surface area contributed by atoms with Gasteiger partial charge in [0.1, 0.15) is 6.04 Å². The van der Waals surface area contributed by atoms with Crippen LogP contribution in [0.3, 0.4) is 0 Å². The Hall–Kier alpha value is -3.64. The lowest BCUT2D eigenvalue weighted by Crippen LogP contribution is -2.56. The van der Waals surface area contributed by atoms with Gasteiger partial charge in [0.25, 0.3) is 11.8 Å². The maximum Gasteiger partial charge on any atom is 0.255 e. The SMILES string of the molecule is O=C(NC(Cc1ccccc1)C(=O)N1CCN(C(=O)c2ccccc2Cl)CC1)c1ccccc1. The Labute approximate surface area is 204 Å². The number of nitrogens with one attached hydrogen (secondary N) is 1. The van der Waals surface area contributed by atoms with Crippen LogP contribution in [0.2, 0.25) is 5.02 Å². The van der Waals surface area contributed by atoms with E-state index in [0.29, 0.717) is 48.7 Å². The van der Waals surface area contributed by atoms with Gasteiger partial charge in [-0.3, -0.25) is 14.4 Å². The number of rotatable bonds is 6. The van der Waals surface area contributed by atoms with Crippen LogP contribution in [-0.2, 0) is 11.2 Å². The number of halogens is 1. The summed E-state index contributed by atoms with van der Waals surface area (Å²) in [6, 6.07) is 24.7. The molecule has 1 N–H and O–H groups in total. The fraction of sp³-hybridized carbons (Fsp3) is 0.222. The van der Waals surface area contributed by atoms with Crippen molar-refractivity contribution in [2.45, 2.75) is 12.5 Å². The number of carbonyl (C=O) groups excluding carboxylic acids is 3. The number of nitrogens with zero attached hydrogens (tertiary/aromatic N) is 2. The van der Waals surface area contributed by atoms with Gasteiger partial charge in [0, 0.05) is 38.2 Å². The molecule has 3 amide bonds. The van der Waals surface area contributed by atoms with Gasteiger partial charge in [-0.05, 0) is 29.8 Å². The fourth-order valence-electron chi connectivity index (χ4n) is 4.04. The Kier molecular flexibility index (Phi) is 7.60. The lowest BCUT2D eigenvalue weighted by Gasteiger charge is -2.36. The highest BCUT2D eigenvalue weighted by molar-refractivity contribution is 6.33. The van der Waals surface area contributed by atoms with E-state index in [9.17, 15) is 14.4 Å². The zero-order valence-corrected chi connectivity index (χ0v) is 19.4. The molecule has 3 aromatic carbocycles. The molecule has 1 heterocycles. The van der Waals surface area contributed by atoms with E-state index in [1.165, 1.54) is 0 Å². The number of hydrogen-bond acceptors (Lipinski definition) is 3. The van der Waals surface area contributed by atoms with Crippen molar-refractivity contribution >= 4 is 29.3 Å². The van der Waals surface area contributed by atoms with Crippen molar-refractivity contribution < 1.29 is 14.4 Å². The van der Waals surface area contributed by atoms with Crippen LogP contribution in [0.15, 0.2) is 84.9 Å². The quantitative estimate of drug-likeness (QED) is 0.591. The molecule has 6 nitrogen and oxygen atoms in total. The van der Waals surface area contributed by atoms with Gasteiger partial charge < -0.3 is 15.1 Å². The highest BCUT2D eigenvalue weighted by Crippen LogP contribution is 2.18. The molecule has 0 radical (unpaired) electrons. The molecular weight excluding hydrogens is 450 g/mol. The standard InChI is InChI=1S/C27H26ClN3O3/c28-23-14-8-7-13-22(23)26(33)30-15-17-31(18-16-30)27(34)24(19-20-9-3-1-4-10-20)29-25(32)21-11-5-2-6-12-21/h1-14,24H,15-19H2,(H,29,32). The van der Waals surface area contributed by atoms with Gasteiger partial charge in [-0.2, -0.15) is 0 Å². The molecule has 1 fully saturated rings. The van der Waals surface area contributed by atoms with Crippen LogP contribution in [0.5, 0.6) is 0 Å². The van der Waals surface area contributed by atoms with Gasteiger partial charge in [0.2, 0.25) is 5.91 Å². The first-order valence-corrected chi connectivity index (χ1v) is 11.6. The molecule has 0 bridgehead atoms. The van der Waals surface area contributed by atoms with Gasteiger partial charge in [-0.1, -0.05) is 72.3 Å². The summed E-state index contributed by atoms with van der Waals surface area (Å²) in [7, 11) is 0. The van der Waals surface area contributed by atoms with E-state index < -0.39 is 6.04 Å². The van der Waals surface area contributed by atoms with Crippen molar-refractivity contribution in [3.8, 4) is 0 Å². The van der Waals surface area contributed by atoms with Gasteiger partial charge in [-0.15, -0.1) is 0 Å². The molecule has 0 spiro atoms. The maximum absolute atomic E-state index is 13.5. The number of hydrogen-bond donors (Lipinski definition) is 1. The van der Waals surface area contributed by atoms with E-state index in [-0.39, 0.29) is 17.7 Å². The molecule has 0 aromatic heterocycles. The molecule has 1 aliphatic heterocycles. The number of amides is 3. The fourth-order valence-corrected chi connectivity index (χ4v) is 4.25. The van der Waals surface area contributed by atoms with Crippen LogP contribution >= 0.6 is 11.6 Å². The molecule has 3 aromatic rings. The normalized spacial score (nSPS) is 14.4. The minimum atomic E-state index is -0.707. The summed E-state index contributed by atoms with van der Waals surface area (Å²) in [6.45, 7) is 1.59. The predicted octanol–water partition coefficient (Wildman–Crippen LogP) is 3.67. The molecule has 1 aliphatic rings. The van der Waals surface area contributed by atoms with Crippen LogP contribution < -0.4 is 5.32 Å². The molecule has 1 atom stereocenters. The van der Waals surface area contributed by atoms with Crippen molar-refractivity contribution in [2.24, 2.45) is 0 Å². The van der Waals surface area contributed by atoms with E-state index in [0.717, 1.165) is 5.56 Å². The molecule has 1 unspecified atom stereocenters. The maximum atomic E-state index is 13.5. The summed E-state index contributed by atoms with van der Waals surface area (Å²) in [6.07, 6.45) is 0.386. The zero-order chi connectivity index (χ0) is 23.9. The molecule has 7 heteroatoms. The predicted molar refractivity (Wildman–Crippen MR) is 132 cm³/mol. The Morgan fingerprint density at radius 2 is 1.32 bits per heavy atom. The lowest BCUT2D eigenvalue weighted by molar-refractivity contribution is -0.134. The van der Waals surface area contributed by atoms with E-state index in [2.05, 4.69) is 5.32 Å². The topological polar surface area (TPSA) is 69.7 Å². The average Bonchev–Trinajstić information content (AvgIpc) is 2.89. The number of benzene rings is 3. The second-order valence-corrected chi connectivity index (χ2v) is 8.59. The monoisotopic (exact) mass is 475 g/mol. The van der Waals surface area contributed by atoms with Crippen LogP contribution in [0.1, 0.15) is 26.3 Å². The summed E-state index contributed by atoms with van der Waals surface area (Å²) < 4.78 is 0. The molecule has 1 saturated heterocycles. The largest absolute Gasteiger partial charge is 0.340 e. The van der Waals surface area contributed by atoms with Crippen molar-refractivity contribution in [2.75, 3.05) is 26.2 Å². The van der Waals surface area contributed by atoms with Crippen LogP contribution in [0.25, 0.3) is 0 Å².